The van der Waals surface area contributed by atoms with Crippen molar-refractivity contribution in [2.75, 3.05) is 26.3 Å². The zero-order valence-electron chi connectivity index (χ0n) is 21.2. The first-order chi connectivity index (χ1) is 16.7. The van der Waals surface area contributed by atoms with E-state index in [4.69, 9.17) is 14.2 Å². The minimum absolute atomic E-state index is 0.0303. The van der Waals surface area contributed by atoms with E-state index in [9.17, 15) is 9.18 Å². The Morgan fingerprint density at radius 3 is 2.43 bits per heavy atom. The van der Waals surface area contributed by atoms with Crippen molar-refractivity contribution in [2.24, 2.45) is 0 Å². The number of aromatic nitrogens is 2. The molecule has 0 radical (unpaired) electrons. The van der Waals surface area contributed by atoms with Crippen LogP contribution >= 0.6 is 0 Å². The van der Waals surface area contributed by atoms with Crippen molar-refractivity contribution < 1.29 is 23.4 Å². The lowest BCUT2D eigenvalue weighted by molar-refractivity contribution is 0.0636. The smallest absolute Gasteiger partial charge is 0.272 e. The van der Waals surface area contributed by atoms with Crippen LogP contribution in [-0.4, -0.2) is 70.2 Å². The average molecular weight is 487 g/mol. The molecule has 0 N–H and O–H groups in total. The molecule has 2 aromatic rings. The third kappa shape index (κ3) is 5.66. The van der Waals surface area contributed by atoms with E-state index < -0.39 is 0 Å². The summed E-state index contributed by atoms with van der Waals surface area (Å²) in [5.74, 6) is 0.905. The molecule has 190 valence electrons. The second-order valence-electron chi connectivity index (χ2n) is 9.66. The standard InChI is InChI=1S/C26H35FN4O4/c1-16(2)31(17(3)4)26(32)22-7-6-20(15-28-22)35-19-8-10-30(11-9-19)18(5)24-21(27)14-23-25(29-24)34-13-12-33-23/h6-7,14-19H,8-13H2,1-5H3. The minimum Gasteiger partial charge on any atom is -0.489 e. The number of hydrogen-bond acceptors (Lipinski definition) is 7. The molecule has 0 aromatic carbocycles. The summed E-state index contributed by atoms with van der Waals surface area (Å²) in [6.07, 6.45) is 3.25. The van der Waals surface area contributed by atoms with Gasteiger partial charge in [-0.3, -0.25) is 9.69 Å². The highest BCUT2D eigenvalue weighted by Crippen LogP contribution is 2.34. The monoisotopic (exact) mass is 486 g/mol. The topological polar surface area (TPSA) is 77.0 Å². The summed E-state index contributed by atoms with van der Waals surface area (Å²) < 4.78 is 31.8. The second-order valence-corrected chi connectivity index (χ2v) is 9.66. The molecule has 35 heavy (non-hydrogen) atoms. The van der Waals surface area contributed by atoms with E-state index in [0.717, 1.165) is 25.9 Å². The molecule has 2 aliphatic rings. The summed E-state index contributed by atoms with van der Waals surface area (Å²) in [4.78, 5) is 25.6. The van der Waals surface area contributed by atoms with Gasteiger partial charge in [0, 0.05) is 31.2 Å². The Balaban J connectivity index is 1.33. The molecular formula is C26H35FN4O4. The lowest BCUT2D eigenvalue weighted by Crippen LogP contribution is -2.42. The number of rotatable bonds is 7. The second kappa shape index (κ2) is 10.8. The van der Waals surface area contributed by atoms with E-state index in [1.165, 1.54) is 6.07 Å². The van der Waals surface area contributed by atoms with Gasteiger partial charge in [0.2, 0.25) is 0 Å². The zero-order chi connectivity index (χ0) is 25.1. The highest BCUT2D eigenvalue weighted by molar-refractivity contribution is 5.92. The predicted molar refractivity (Wildman–Crippen MR) is 130 cm³/mol. The van der Waals surface area contributed by atoms with Crippen molar-refractivity contribution in [2.45, 2.75) is 71.7 Å². The molecule has 1 amide bonds. The first-order valence-electron chi connectivity index (χ1n) is 12.4. The van der Waals surface area contributed by atoms with Gasteiger partial charge in [0.1, 0.15) is 36.6 Å². The largest absolute Gasteiger partial charge is 0.489 e. The molecule has 0 spiro atoms. The molecule has 1 unspecified atom stereocenters. The molecule has 1 fully saturated rings. The number of carbonyl (C=O) groups is 1. The van der Waals surface area contributed by atoms with E-state index in [-0.39, 0.29) is 36.0 Å². The van der Waals surface area contributed by atoms with Crippen LogP contribution in [0.2, 0.25) is 0 Å². The van der Waals surface area contributed by atoms with Crippen molar-refractivity contribution in [1.29, 1.82) is 0 Å². The van der Waals surface area contributed by atoms with Crippen LogP contribution in [0.25, 0.3) is 0 Å². The minimum atomic E-state index is -0.380. The molecule has 1 saturated heterocycles. The molecule has 9 heteroatoms. The molecule has 4 heterocycles. The van der Waals surface area contributed by atoms with E-state index >= 15 is 0 Å². The molecule has 0 saturated carbocycles. The molecule has 2 aliphatic heterocycles. The highest BCUT2D eigenvalue weighted by atomic mass is 19.1. The lowest BCUT2D eigenvalue weighted by atomic mass is 10.0. The van der Waals surface area contributed by atoms with Gasteiger partial charge >= 0.3 is 0 Å². The van der Waals surface area contributed by atoms with Gasteiger partial charge in [-0.15, -0.1) is 0 Å². The normalized spacial score (nSPS) is 17.5. The van der Waals surface area contributed by atoms with Crippen LogP contribution in [0.5, 0.6) is 17.4 Å². The van der Waals surface area contributed by atoms with E-state index in [1.807, 2.05) is 45.6 Å². The number of pyridine rings is 2. The lowest BCUT2D eigenvalue weighted by Gasteiger charge is -2.36. The van der Waals surface area contributed by atoms with Crippen LogP contribution in [-0.2, 0) is 0 Å². The van der Waals surface area contributed by atoms with Crippen LogP contribution in [0.4, 0.5) is 4.39 Å². The Kier molecular flexibility index (Phi) is 7.74. The molecule has 1 atom stereocenters. The number of likely N-dealkylation sites (tertiary alicyclic amines) is 1. The number of carbonyl (C=O) groups excluding carboxylic acids is 1. The summed E-state index contributed by atoms with van der Waals surface area (Å²) >= 11 is 0. The van der Waals surface area contributed by atoms with Crippen LogP contribution in [0.15, 0.2) is 24.4 Å². The van der Waals surface area contributed by atoms with Crippen LogP contribution in [0, 0.1) is 5.82 Å². The fourth-order valence-electron chi connectivity index (χ4n) is 4.78. The first kappa shape index (κ1) is 25.2. The number of amides is 1. The Hall–Kier alpha value is -2.94. The average Bonchev–Trinajstić information content (AvgIpc) is 2.83. The molecule has 2 aromatic heterocycles. The van der Waals surface area contributed by atoms with Gasteiger partial charge in [0.05, 0.1) is 17.9 Å². The third-order valence-electron chi connectivity index (χ3n) is 6.54. The summed E-state index contributed by atoms with van der Waals surface area (Å²) in [6.45, 7) is 12.3. The fraction of sp³-hybridized carbons (Fsp3) is 0.577. The molecule has 0 bridgehead atoms. The Morgan fingerprint density at radius 2 is 1.80 bits per heavy atom. The highest BCUT2D eigenvalue weighted by Gasteiger charge is 2.29. The van der Waals surface area contributed by atoms with Crippen LogP contribution in [0.1, 0.15) is 69.7 Å². The number of halogens is 1. The SMILES string of the molecule is CC(c1nc2c(cc1F)OCCO2)N1CCC(Oc2ccc(C(=O)N(C(C)C)C(C)C)nc2)CC1. The van der Waals surface area contributed by atoms with Crippen molar-refractivity contribution in [3.63, 3.8) is 0 Å². The van der Waals surface area contributed by atoms with Gasteiger partial charge in [-0.25, -0.2) is 14.4 Å². The quantitative estimate of drug-likeness (QED) is 0.579. The molecular weight excluding hydrogens is 451 g/mol. The molecule has 4 rings (SSSR count). The Labute approximate surface area is 206 Å². The number of piperidine rings is 1. The van der Waals surface area contributed by atoms with Crippen molar-refractivity contribution in [3.05, 3.63) is 41.6 Å². The summed E-state index contributed by atoms with van der Waals surface area (Å²) in [5, 5.41) is 0. The summed E-state index contributed by atoms with van der Waals surface area (Å²) in [5.41, 5.74) is 0.785. The van der Waals surface area contributed by atoms with Gasteiger partial charge < -0.3 is 19.1 Å². The molecule has 8 nitrogen and oxygen atoms in total. The Bertz CT molecular complexity index is 1010. The maximum atomic E-state index is 14.7. The maximum absolute atomic E-state index is 14.7. The van der Waals surface area contributed by atoms with Crippen molar-refractivity contribution in [3.8, 4) is 17.4 Å². The third-order valence-corrected chi connectivity index (χ3v) is 6.54. The zero-order valence-corrected chi connectivity index (χ0v) is 21.2. The predicted octanol–water partition coefficient (Wildman–Crippen LogP) is 4.25. The van der Waals surface area contributed by atoms with Gasteiger partial charge in [-0.1, -0.05) is 0 Å². The molecule has 0 aliphatic carbocycles. The van der Waals surface area contributed by atoms with Crippen molar-refractivity contribution in [1.82, 2.24) is 19.8 Å². The number of ether oxygens (including phenoxy) is 3. The summed E-state index contributed by atoms with van der Waals surface area (Å²) in [7, 11) is 0. The van der Waals surface area contributed by atoms with E-state index in [1.54, 1.807) is 12.3 Å². The van der Waals surface area contributed by atoms with Crippen LogP contribution < -0.4 is 14.2 Å². The van der Waals surface area contributed by atoms with E-state index in [2.05, 4.69) is 14.9 Å². The van der Waals surface area contributed by atoms with Gasteiger partial charge in [-0.05, 0) is 59.6 Å². The maximum Gasteiger partial charge on any atom is 0.272 e. The van der Waals surface area contributed by atoms with Gasteiger partial charge in [0.15, 0.2) is 5.75 Å². The number of fused-ring (bicyclic) bond motifs is 1. The van der Waals surface area contributed by atoms with Crippen molar-refractivity contribution >= 4 is 5.91 Å². The van der Waals surface area contributed by atoms with E-state index in [0.29, 0.717) is 42.0 Å². The first-order valence-corrected chi connectivity index (χ1v) is 12.4. The Morgan fingerprint density at radius 1 is 1.11 bits per heavy atom. The van der Waals surface area contributed by atoms with Gasteiger partial charge in [-0.2, -0.15) is 0 Å². The van der Waals surface area contributed by atoms with Gasteiger partial charge in [0.25, 0.3) is 11.8 Å². The summed E-state index contributed by atoms with van der Waals surface area (Å²) in [6, 6.07) is 4.90. The fourth-order valence-corrected chi connectivity index (χ4v) is 4.78. The van der Waals surface area contributed by atoms with Crippen LogP contribution in [0.3, 0.4) is 0 Å². The number of hydrogen-bond donors (Lipinski definition) is 0. The number of nitrogens with zero attached hydrogens (tertiary/aromatic N) is 4.